The van der Waals surface area contributed by atoms with Crippen LogP contribution in [0.3, 0.4) is 0 Å². The summed E-state index contributed by atoms with van der Waals surface area (Å²) in [4.78, 5) is 11.9. The summed E-state index contributed by atoms with van der Waals surface area (Å²) >= 11 is 11.4. The molecule has 0 spiro atoms. The van der Waals surface area contributed by atoms with Gasteiger partial charge in [0, 0.05) is 6.54 Å². The van der Waals surface area contributed by atoms with Gasteiger partial charge in [-0.1, -0.05) is 35.3 Å². The molecular formula is C12H9Cl2N3O2. The van der Waals surface area contributed by atoms with Crippen molar-refractivity contribution < 1.29 is 9.90 Å². The number of halogens is 2. The number of hydrogen-bond donors (Lipinski definition) is 2. The fourth-order valence-corrected chi connectivity index (χ4v) is 1.73. The molecule has 2 aromatic rings. The van der Waals surface area contributed by atoms with Gasteiger partial charge in [0.25, 0.3) is 5.91 Å². The number of nitrogens with one attached hydrogen (secondary N) is 1. The van der Waals surface area contributed by atoms with Gasteiger partial charge in [-0.15, -0.1) is 10.2 Å². The largest absolute Gasteiger partial charge is 0.508 e. The summed E-state index contributed by atoms with van der Waals surface area (Å²) in [7, 11) is 0. The minimum Gasteiger partial charge on any atom is -0.508 e. The lowest BCUT2D eigenvalue weighted by atomic mass is 10.2. The molecule has 1 aromatic carbocycles. The summed E-state index contributed by atoms with van der Waals surface area (Å²) in [6.45, 7) is 0.301. The third-order valence-electron chi connectivity index (χ3n) is 2.35. The fourth-order valence-electron chi connectivity index (χ4n) is 1.40. The van der Waals surface area contributed by atoms with Crippen molar-refractivity contribution in [1.29, 1.82) is 0 Å². The molecule has 1 aromatic heterocycles. The van der Waals surface area contributed by atoms with E-state index in [0.29, 0.717) is 6.54 Å². The highest BCUT2D eigenvalue weighted by molar-refractivity contribution is 6.34. The topological polar surface area (TPSA) is 75.1 Å². The first-order valence-corrected chi connectivity index (χ1v) is 6.06. The number of aromatic hydroxyl groups is 1. The molecule has 0 aliphatic heterocycles. The monoisotopic (exact) mass is 297 g/mol. The number of phenols is 1. The van der Waals surface area contributed by atoms with Crippen LogP contribution in [0.5, 0.6) is 5.75 Å². The highest BCUT2D eigenvalue weighted by atomic mass is 35.5. The van der Waals surface area contributed by atoms with Crippen LogP contribution < -0.4 is 5.32 Å². The predicted molar refractivity (Wildman–Crippen MR) is 71.3 cm³/mol. The maximum Gasteiger partial charge on any atom is 0.254 e. The molecule has 0 saturated heterocycles. The fraction of sp³-hybridized carbons (Fsp3) is 0.0833. The highest BCUT2D eigenvalue weighted by Gasteiger charge is 2.12. The smallest absolute Gasteiger partial charge is 0.254 e. The van der Waals surface area contributed by atoms with Crippen LogP contribution in [0.2, 0.25) is 10.3 Å². The van der Waals surface area contributed by atoms with Crippen LogP contribution in [-0.4, -0.2) is 21.2 Å². The molecule has 19 heavy (non-hydrogen) atoms. The summed E-state index contributed by atoms with van der Waals surface area (Å²) in [5, 5.41) is 19.0. The number of carbonyl (C=O) groups is 1. The Bertz CT molecular complexity index is 602. The molecule has 0 atom stereocenters. The number of amides is 1. The summed E-state index contributed by atoms with van der Waals surface area (Å²) in [6.07, 6.45) is 0. The van der Waals surface area contributed by atoms with E-state index in [1.165, 1.54) is 6.07 Å². The average Bonchev–Trinajstić information content (AvgIpc) is 2.40. The molecule has 98 valence electrons. The van der Waals surface area contributed by atoms with E-state index in [1.54, 1.807) is 24.3 Å². The minimum absolute atomic E-state index is 0.00685. The Balaban J connectivity index is 2.05. The van der Waals surface area contributed by atoms with Gasteiger partial charge in [-0.2, -0.15) is 0 Å². The molecular weight excluding hydrogens is 289 g/mol. The Labute approximate surface area is 119 Å². The zero-order chi connectivity index (χ0) is 13.8. The van der Waals surface area contributed by atoms with Gasteiger partial charge in [0.2, 0.25) is 0 Å². The lowest BCUT2D eigenvalue weighted by Crippen LogP contribution is -2.23. The molecule has 2 N–H and O–H groups in total. The molecule has 0 bridgehead atoms. The molecule has 0 radical (unpaired) electrons. The van der Waals surface area contributed by atoms with Crippen LogP contribution in [-0.2, 0) is 6.54 Å². The molecule has 1 amide bonds. The lowest BCUT2D eigenvalue weighted by molar-refractivity contribution is 0.0950. The maximum atomic E-state index is 11.9. The molecule has 2 rings (SSSR count). The zero-order valence-electron chi connectivity index (χ0n) is 9.60. The number of phenolic OH excluding ortho intramolecular Hbond substituents is 1. The van der Waals surface area contributed by atoms with E-state index >= 15 is 0 Å². The number of hydrogen-bond acceptors (Lipinski definition) is 4. The Hall–Kier alpha value is -1.85. The van der Waals surface area contributed by atoms with Crippen molar-refractivity contribution in [3.05, 3.63) is 51.8 Å². The first-order chi connectivity index (χ1) is 9.06. The second-order valence-electron chi connectivity index (χ2n) is 3.72. The lowest BCUT2D eigenvalue weighted by Gasteiger charge is -2.06. The van der Waals surface area contributed by atoms with E-state index in [4.69, 9.17) is 28.3 Å². The van der Waals surface area contributed by atoms with E-state index in [9.17, 15) is 4.79 Å². The minimum atomic E-state index is -0.394. The Morgan fingerprint density at radius 3 is 2.58 bits per heavy atom. The predicted octanol–water partition coefficient (Wildman–Crippen LogP) is 2.42. The number of carbonyl (C=O) groups excluding carboxylic acids is 1. The van der Waals surface area contributed by atoms with Crippen molar-refractivity contribution in [3.63, 3.8) is 0 Å². The molecule has 0 aliphatic rings. The van der Waals surface area contributed by atoms with E-state index in [2.05, 4.69) is 15.5 Å². The molecule has 5 nitrogen and oxygen atoms in total. The van der Waals surface area contributed by atoms with Gasteiger partial charge < -0.3 is 10.4 Å². The highest BCUT2D eigenvalue weighted by Crippen LogP contribution is 2.15. The molecule has 0 saturated carbocycles. The molecule has 7 heteroatoms. The normalized spacial score (nSPS) is 10.2. The van der Waals surface area contributed by atoms with Gasteiger partial charge in [0.1, 0.15) is 5.75 Å². The van der Waals surface area contributed by atoms with Crippen LogP contribution in [0, 0.1) is 0 Å². The summed E-state index contributed by atoms with van der Waals surface area (Å²) < 4.78 is 0. The number of rotatable bonds is 3. The number of benzene rings is 1. The van der Waals surface area contributed by atoms with Crippen LogP contribution >= 0.6 is 23.2 Å². The third-order valence-corrected chi connectivity index (χ3v) is 2.82. The van der Waals surface area contributed by atoms with Gasteiger partial charge in [-0.05, 0) is 23.8 Å². The Morgan fingerprint density at radius 2 is 1.89 bits per heavy atom. The van der Waals surface area contributed by atoms with Crippen molar-refractivity contribution in [1.82, 2.24) is 15.5 Å². The van der Waals surface area contributed by atoms with E-state index in [-0.39, 0.29) is 21.6 Å². The van der Waals surface area contributed by atoms with Crippen LogP contribution in [0.15, 0.2) is 30.3 Å². The summed E-state index contributed by atoms with van der Waals surface area (Å²) in [5.41, 5.74) is 1.01. The van der Waals surface area contributed by atoms with Gasteiger partial charge in [0.15, 0.2) is 10.3 Å². The van der Waals surface area contributed by atoms with Crippen LogP contribution in [0.4, 0.5) is 0 Å². The Kier molecular flexibility index (Phi) is 4.19. The quantitative estimate of drug-likeness (QED) is 0.912. The van der Waals surface area contributed by atoms with Crippen molar-refractivity contribution in [2.24, 2.45) is 0 Å². The molecule has 0 unspecified atom stereocenters. The van der Waals surface area contributed by atoms with Gasteiger partial charge in [-0.3, -0.25) is 4.79 Å². The maximum absolute atomic E-state index is 11.9. The average molecular weight is 298 g/mol. The third kappa shape index (κ3) is 3.56. The molecule has 0 fully saturated rings. The van der Waals surface area contributed by atoms with Crippen molar-refractivity contribution in [2.75, 3.05) is 0 Å². The Morgan fingerprint density at radius 1 is 1.21 bits per heavy atom. The second kappa shape index (κ2) is 5.86. The van der Waals surface area contributed by atoms with E-state index in [1.807, 2.05) is 0 Å². The van der Waals surface area contributed by atoms with Crippen molar-refractivity contribution in [3.8, 4) is 5.75 Å². The van der Waals surface area contributed by atoms with E-state index in [0.717, 1.165) is 5.56 Å². The number of nitrogens with zero attached hydrogens (tertiary/aromatic N) is 2. The summed E-state index contributed by atoms with van der Waals surface area (Å²) in [6, 6.07) is 7.84. The van der Waals surface area contributed by atoms with E-state index < -0.39 is 5.91 Å². The van der Waals surface area contributed by atoms with Crippen molar-refractivity contribution in [2.45, 2.75) is 6.54 Å². The summed E-state index contributed by atoms with van der Waals surface area (Å²) in [5.74, 6) is -0.224. The van der Waals surface area contributed by atoms with Crippen LogP contribution in [0.1, 0.15) is 15.9 Å². The van der Waals surface area contributed by atoms with Gasteiger partial charge >= 0.3 is 0 Å². The van der Waals surface area contributed by atoms with Gasteiger partial charge in [-0.25, -0.2) is 0 Å². The van der Waals surface area contributed by atoms with Crippen LogP contribution in [0.25, 0.3) is 0 Å². The van der Waals surface area contributed by atoms with Gasteiger partial charge in [0.05, 0.1) is 5.56 Å². The number of aromatic nitrogens is 2. The standard InChI is InChI=1S/C12H9Cl2N3O2/c13-10-5-9(11(14)17-16-10)12(19)15-6-7-1-3-8(18)4-2-7/h1-5,18H,6H2,(H,15,19). The first-order valence-electron chi connectivity index (χ1n) is 5.31. The molecule has 1 heterocycles. The second-order valence-corrected chi connectivity index (χ2v) is 4.47. The van der Waals surface area contributed by atoms with Crippen molar-refractivity contribution >= 4 is 29.1 Å². The molecule has 0 aliphatic carbocycles. The SMILES string of the molecule is O=C(NCc1ccc(O)cc1)c1cc(Cl)nnc1Cl. The zero-order valence-corrected chi connectivity index (χ0v) is 11.1. The first kappa shape index (κ1) is 13.6.